The summed E-state index contributed by atoms with van der Waals surface area (Å²) >= 11 is 0. The minimum absolute atomic E-state index is 0.156. The first kappa shape index (κ1) is 15.0. The Balaban J connectivity index is 2.86. The summed E-state index contributed by atoms with van der Waals surface area (Å²) in [5, 5.41) is 8.75. The second kappa shape index (κ2) is 7.38. The van der Waals surface area contributed by atoms with Crippen molar-refractivity contribution >= 4 is 11.9 Å². The molecule has 0 spiro atoms. The zero-order valence-corrected chi connectivity index (χ0v) is 10.8. The highest BCUT2D eigenvalue weighted by Gasteiger charge is 2.21. The van der Waals surface area contributed by atoms with Gasteiger partial charge in [-0.3, -0.25) is 9.59 Å². The number of hydrogen-bond donors (Lipinski definition) is 1. The summed E-state index contributed by atoms with van der Waals surface area (Å²) in [5.74, 6) is -1.18. The minimum Gasteiger partial charge on any atom is -0.481 e. The van der Waals surface area contributed by atoms with E-state index in [1.165, 1.54) is 17.2 Å². The number of amides is 1. The van der Waals surface area contributed by atoms with Crippen molar-refractivity contribution in [2.24, 2.45) is 0 Å². The molecule has 6 nitrogen and oxygen atoms in total. The first-order chi connectivity index (χ1) is 9.10. The van der Waals surface area contributed by atoms with Crippen molar-refractivity contribution in [3.63, 3.8) is 0 Å². The summed E-state index contributed by atoms with van der Waals surface area (Å²) in [4.78, 5) is 24.5. The molecule has 0 saturated carbocycles. The molecular formula is C13H17NO5. The molecule has 1 aromatic heterocycles. The van der Waals surface area contributed by atoms with E-state index >= 15 is 0 Å². The van der Waals surface area contributed by atoms with E-state index in [9.17, 15) is 9.59 Å². The maximum atomic E-state index is 12.3. The van der Waals surface area contributed by atoms with Gasteiger partial charge in [0.1, 0.15) is 12.2 Å². The fourth-order valence-electron chi connectivity index (χ4n) is 1.61. The number of hydrogen-bond acceptors (Lipinski definition) is 4. The first-order valence-corrected chi connectivity index (χ1v) is 5.77. The largest absolute Gasteiger partial charge is 0.481 e. The maximum Gasteiger partial charge on any atom is 0.311 e. The van der Waals surface area contributed by atoms with Crippen molar-refractivity contribution in [3.05, 3.63) is 36.3 Å². The molecule has 0 aliphatic carbocycles. The van der Waals surface area contributed by atoms with Crippen LogP contribution in [0, 0.1) is 0 Å². The van der Waals surface area contributed by atoms with E-state index in [1.807, 2.05) is 0 Å². The predicted octanol–water partition coefficient (Wildman–Crippen LogP) is 1.18. The topological polar surface area (TPSA) is 80.0 Å². The van der Waals surface area contributed by atoms with Crippen LogP contribution in [-0.2, 0) is 16.0 Å². The second-order valence-corrected chi connectivity index (χ2v) is 3.86. The van der Waals surface area contributed by atoms with Gasteiger partial charge in [-0.25, -0.2) is 0 Å². The third-order valence-electron chi connectivity index (χ3n) is 2.49. The molecule has 19 heavy (non-hydrogen) atoms. The number of carbonyl (C=O) groups excluding carboxylic acids is 1. The van der Waals surface area contributed by atoms with Crippen molar-refractivity contribution in [1.29, 1.82) is 0 Å². The van der Waals surface area contributed by atoms with Crippen LogP contribution in [0.15, 0.2) is 29.4 Å². The van der Waals surface area contributed by atoms with Crippen LogP contribution >= 0.6 is 0 Å². The Morgan fingerprint density at radius 3 is 2.89 bits per heavy atom. The van der Waals surface area contributed by atoms with Gasteiger partial charge in [-0.05, 0) is 6.07 Å². The van der Waals surface area contributed by atoms with Crippen molar-refractivity contribution in [1.82, 2.24) is 4.90 Å². The highest BCUT2D eigenvalue weighted by molar-refractivity contribution is 5.96. The highest BCUT2D eigenvalue weighted by Crippen LogP contribution is 2.14. The van der Waals surface area contributed by atoms with Gasteiger partial charge in [-0.15, -0.1) is 6.58 Å². The van der Waals surface area contributed by atoms with Crippen LogP contribution in [-0.4, -0.2) is 48.7 Å². The summed E-state index contributed by atoms with van der Waals surface area (Å²) < 4.78 is 9.98. The summed E-state index contributed by atoms with van der Waals surface area (Å²) in [6, 6.07) is 1.48. The van der Waals surface area contributed by atoms with Crippen molar-refractivity contribution in [2.45, 2.75) is 6.42 Å². The predicted molar refractivity (Wildman–Crippen MR) is 68.0 cm³/mol. The van der Waals surface area contributed by atoms with Gasteiger partial charge >= 0.3 is 5.97 Å². The summed E-state index contributed by atoms with van der Waals surface area (Å²) in [7, 11) is 1.55. The van der Waals surface area contributed by atoms with Gasteiger partial charge in [0.15, 0.2) is 0 Å². The van der Waals surface area contributed by atoms with Crippen molar-refractivity contribution in [3.8, 4) is 0 Å². The molecular weight excluding hydrogens is 250 g/mol. The number of methoxy groups -OCH3 is 1. The van der Waals surface area contributed by atoms with Gasteiger partial charge in [0, 0.05) is 20.2 Å². The standard InChI is InChI=1S/C13H17NO5/c1-3-5-14(6-8-18-2)13(17)10-4-7-19-11(10)9-12(15)16/h3-4,7H,1,5-6,8-9H2,2H3,(H,15,16). The molecule has 1 N–H and O–H groups in total. The second-order valence-electron chi connectivity index (χ2n) is 3.86. The Hall–Kier alpha value is -2.08. The summed E-state index contributed by atoms with van der Waals surface area (Å²) in [6.07, 6.45) is 2.60. The van der Waals surface area contributed by atoms with E-state index in [1.54, 1.807) is 13.2 Å². The molecule has 0 unspecified atom stereocenters. The first-order valence-electron chi connectivity index (χ1n) is 5.77. The van der Waals surface area contributed by atoms with Gasteiger partial charge in [-0.1, -0.05) is 6.08 Å². The lowest BCUT2D eigenvalue weighted by Crippen LogP contribution is -2.34. The number of carboxylic acid groups (broad SMARTS) is 1. The van der Waals surface area contributed by atoms with Gasteiger partial charge in [0.25, 0.3) is 5.91 Å². The van der Waals surface area contributed by atoms with E-state index < -0.39 is 5.97 Å². The van der Waals surface area contributed by atoms with Gasteiger partial charge in [0.2, 0.25) is 0 Å². The summed E-state index contributed by atoms with van der Waals surface area (Å²) in [5.41, 5.74) is 0.264. The Labute approximate surface area is 111 Å². The van der Waals surface area contributed by atoms with E-state index in [4.69, 9.17) is 14.3 Å². The molecule has 0 fully saturated rings. The van der Waals surface area contributed by atoms with E-state index in [-0.39, 0.29) is 23.7 Å². The van der Waals surface area contributed by atoms with Crippen LogP contribution < -0.4 is 0 Å². The lowest BCUT2D eigenvalue weighted by Gasteiger charge is -2.20. The molecule has 1 rings (SSSR count). The number of carboxylic acids is 1. The third-order valence-corrected chi connectivity index (χ3v) is 2.49. The minimum atomic E-state index is -1.05. The molecule has 0 bridgehead atoms. The average molecular weight is 267 g/mol. The fraction of sp³-hybridized carbons (Fsp3) is 0.385. The molecule has 1 aromatic rings. The third kappa shape index (κ3) is 4.26. The monoisotopic (exact) mass is 267 g/mol. The zero-order chi connectivity index (χ0) is 14.3. The summed E-state index contributed by atoms with van der Waals surface area (Å²) in [6.45, 7) is 4.75. The molecule has 0 saturated heterocycles. The number of rotatable bonds is 8. The van der Waals surface area contributed by atoms with Crippen molar-refractivity contribution < 1.29 is 23.8 Å². The molecule has 0 aliphatic rings. The Morgan fingerprint density at radius 2 is 2.32 bits per heavy atom. The SMILES string of the molecule is C=CCN(CCOC)C(=O)c1ccoc1CC(=O)O. The fourth-order valence-corrected chi connectivity index (χ4v) is 1.61. The zero-order valence-electron chi connectivity index (χ0n) is 10.8. The smallest absolute Gasteiger partial charge is 0.311 e. The molecule has 0 aliphatic heterocycles. The molecule has 1 amide bonds. The molecule has 0 aromatic carbocycles. The number of aliphatic carboxylic acids is 1. The molecule has 0 atom stereocenters. The number of ether oxygens (including phenoxy) is 1. The maximum absolute atomic E-state index is 12.3. The lowest BCUT2D eigenvalue weighted by molar-refractivity contribution is -0.136. The molecule has 0 radical (unpaired) electrons. The molecule has 104 valence electrons. The Morgan fingerprint density at radius 1 is 1.58 bits per heavy atom. The number of carbonyl (C=O) groups is 2. The lowest BCUT2D eigenvalue weighted by atomic mass is 10.1. The van der Waals surface area contributed by atoms with Crippen LogP contribution in [0.2, 0.25) is 0 Å². The molecule has 6 heteroatoms. The van der Waals surface area contributed by atoms with Gasteiger partial charge in [-0.2, -0.15) is 0 Å². The average Bonchev–Trinajstić information content (AvgIpc) is 2.80. The Bertz CT molecular complexity index is 452. The van der Waals surface area contributed by atoms with Gasteiger partial charge in [0.05, 0.1) is 18.4 Å². The van der Waals surface area contributed by atoms with Crippen molar-refractivity contribution in [2.75, 3.05) is 26.8 Å². The van der Waals surface area contributed by atoms with E-state index in [0.29, 0.717) is 19.7 Å². The van der Waals surface area contributed by atoms with Crippen LogP contribution in [0.3, 0.4) is 0 Å². The van der Waals surface area contributed by atoms with Gasteiger partial charge < -0.3 is 19.2 Å². The van der Waals surface area contributed by atoms with Crippen LogP contribution in [0.25, 0.3) is 0 Å². The molecule has 1 heterocycles. The van der Waals surface area contributed by atoms with E-state index in [2.05, 4.69) is 6.58 Å². The Kier molecular flexibility index (Phi) is 5.81. The van der Waals surface area contributed by atoms with E-state index in [0.717, 1.165) is 0 Å². The highest BCUT2D eigenvalue weighted by atomic mass is 16.5. The quantitative estimate of drug-likeness (QED) is 0.715. The van der Waals surface area contributed by atoms with Crippen LogP contribution in [0.1, 0.15) is 16.1 Å². The number of nitrogens with zero attached hydrogens (tertiary/aromatic N) is 1. The number of furan rings is 1. The van der Waals surface area contributed by atoms with Crippen LogP contribution in [0.4, 0.5) is 0 Å². The normalized spacial score (nSPS) is 10.2. The van der Waals surface area contributed by atoms with Crippen LogP contribution in [0.5, 0.6) is 0 Å².